The molecule has 3 N–H and O–H groups in total. The van der Waals surface area contributed by atoms with Gasteiger partial charge in [0.25, 0.3) is 0 Å². The number of hydrogen-bond acceptors (Lipinski definition) is 8. The Balaban J connectivity index is 1.00. The zero-order chi connectivity index (χ0) is 36.3. The number of carbonyl (C=O) groups excluding carboxylic acids is 2. The number of fused-ring (bicyclic) bond motifs is 5. The van der Waals surface area contributed by atoms with Crippen LogP contribution in [0.5, 0.6) is 5.75 Å². The Morgan fingerprint density at radius 2 is 1.94 bits per heavy atom. The summed E-state index contributed by atoms with van der Waals surface area (Å²) in [7, 11) is 3.45. The van der Waals surface area contributed by atoms with Gasteiger partial charge in [-0.25, -0.2) is 9.78 Å². The Hall–Kier alpha value is -4.48. The van der Waals surface area contributed by atoms with E-state index in [1.54, 1.807) is 0 Å². The average molecular weight is 707 g/mol. The molecule has 5 atom stereocenters. The van der Waals surface area contributed by atoms with Crippen LogP contribution in [0.15, 0.2) is 47.2 Å². The Morgan fingerprint density at radius 3 is 2.73 bits per heavy atom. The minimum absolute atomic E-state index is 0.0567. The number of hydrogen-bond donors (Lipinski definition) is 3. The van der Waals surface area contributed by atoms with Gasteiger partial charge in [-0.2, -0.15) is 0 Å². The first-order valence-electron chi connectivity index (χ1n) is 18.9. The van der Waals surface area contributed by atoms with Crippen LogP contribution in [0.3, 0.4) is 0 Å². The van der Waals surface area contributed by atoms with E-state index in [4.69, 9.17) is 19.5 Å². The van der Waals surface area contributed by atoms with Gasteiger partial charge < -0.3 is 29.8 Å². The van der Waals surface area contributed by atoms with Gasteiger partial charge >= 0.3 is 6.09 Å². The average Bonchev–Trinajstić information content (AvgIpc) is 3.95. The van der Waals surface area contributed by atoms with Crippen LogP contribution < -0.4 is 10.1 Å². The van der Waals surface area contributed by atoms with E-state index in [-0.39, 0.29) is 36.6 Å². The fourth-order valence-corrected chi connectivity index (χ4v) is 9.22. The van der Waals surface area contributed by atoms with Crippen molar-refractivity contribution in [2.45, 2.75) is 96.5 Å². The highest BCUT2D eigenvalue weighted by molar-refractivity contribution is 6.06. The predicted octanol–water partition coefficient (Wildman–Crippen LogP) is 6.27. The molecule has 2 fully saturated rings. The van der Waals surface area contributed by atoms with Gasteiger partial charge in [-0.15, -0.1) is 0 Å². The molecular formula is C41H50N6O5. The number of methoxy groups -OCH3 is 1. The van der Waals surface area contributed by atoms with Crippen molar-refractivity contribution in [2.24, 2.45) is 16.8 Å². The molecule has 0 radical (unpaired) electrons. The number of nitrogens with one attached hydrogen (secondary N) is 2. The van der Waals surface area contributed by atoms with E-state index >= 15 is 0 Å². The molecular weight excluding hydrogens is 656 g/mol. The quantitative estimate of drug-likeness (QED) is 0.252. The summed E-state index contributed by atoms with van der Waals surface area (Å²) in [6.45, 7) is 7.67. The zero-order valence-electron chi connectivity index (χ0n) is 30.9. The normalized spacial score (nSPS) is 24.2. The lowest BCUT2D eigenvalue weighted by atomic mass is 9.83. The van der Waals surface area contributed by atoms with E-state index in [1.165, 1.54) is 29.4 Å². The summed E-state index contributed by atoms with van der Waals surface area (Å²) in [5, 5.41) is 12.2. The molecule has 11 heteroatoms. The summed E-state index contributed by atoms with van der Waals surface area (Å²) in [5.74, 6) is 2.21. The lowest BCUT2D eigenvalue weighted by molar-refractivity contribution is -0.135. The van der Waals surface area contributed by atoms with Crippen molar-refractivity contribution in [3.8, 4) is 28.1 Å². The molecule has 52 heavy (non-hydrogen) atoms. The molecule has 11 nitrogen and oxygen atoms in total. The number of H-pyrrole nitrogens is 1. The van der Waals surface area contributed by atoms with E-state index in [2.05, 4.69) is 59.5 Å². The highest BCUT2D eigenvalue weighted by Gasteiger charge is 2.43. The summed E-state index contributed by atoms with van der Waals surface area (Å²) < 4.78 is 11.3. The molecule has 0 spiro atoms. The molecule has 2 saturated heterocycles. The van der Waals surface area contributed by atoms with Crippen molar-refractivity contribution in [1.82, 2.24) is 25.1 Å². The monoisotopic (exact) mass is 706 g/mol. The highest BCUT2D eigenvalue weighted by Crippen LogP contribution is 2.47. The second kappa shape index (κ2) is 13.8. The van der Waals surface area contributed by atoms with Gasteiger partial charge in [0.2, 0.25) is 5.91 Å². The van der Waals surface area contributed by atoms with Crippen molar-refractivity contribution in [2.75, 3.05) is 27.3 Å². The highest BCUT2D eigenvalue weighted by atomic mass is 16.5. The zero-order valence-corrected chi connectivity index (χ0v) is 30.9. The first-order valence-corrected chi connectivity index (χ1v) is 18.9. The smallest absolute Gasteiger partial charge is 0.407 e. The molecule has 1 aliphatic carbocycles. The van der Waals surface area contributed by atoms with Gasteiger partial charge in [0.1, 0.15) is 24.2 Å². The van der Waals surface area contributed by atoms with Crippen LogP contribution >= 0.6 is 0 Å². The molecule has 0 unspecified atom stereocenters. The molecule has 0 bridgehead atoms. The molecule has 8 rings (SSSR count). The molecule has 0 saturated carbocycles. The van der Waals surface area contributed by atoms with Gasteiger partial charge in [0.05, 0.1) is 31.1 Å². The number of nitrogens with zero attached hydrogens (tertiary/aromatic N) is 4. The first-order chi connectivity index (χ1) is 25.1. The number of imidazole rings is 1. The third kappa shape index (κ3) is 6.11. The summed E-state index contributed by atoms with van der Waals surface area (Å²) in [5.41, 5.74) is 11.5. The fraction of sp³-hybridized carbons (Fsp3) is 0.512. The van der Waals surface area contributed by atoms with E-state index in [1.807, 2.05) is 24.9 Å². The standard InChI is InChI=1S/C41H50N6O5/c1-22(2)38(45-41(50)51-5)40(49)47-23(3)6-11-35(47)33-17-30-29-18-37-31(16-25(29)8-10-32(30)43-33)28-9-7-26(15-27(28)21-52-37)34-19-42-39(44-34)36-14-24(12-13-48)20-46(36)4/h7,9,15-16,18-19,22-24,35-36,38,48H,6,8,10-14,17,20-21H2,1-5H3,(H,42,44)(H,45,50)/t23-,24-,35-,36-,38-/m0/s1. The van der Waals surface area contributed by atoms with Crippen LogP contribution in [0.1, 0.15) is 87.9 Å². The topological polar surface area (TPSA) is 132 Å². The number of benzene rings is 2. The number of aliphatic hydroxyl groups is 1. The summed E-state index contributed by atoms with van der Waals surface area (Å²) in [6.07, 6.45) is 7.41. The van der Waals surface area contributed by atoms with Crippen LogP contribution in [0.25, 0.3) is 28.0 Å². The number of aliphatic imine (C=N–C) groups is 1. The predicted molar refractivity (Wildman–Crippen MR) is 200 cm³/mol. The number of aromatic amines is 1. The maximum absolute atomic E-state index is 13.9. The number of ether oxygens (including phenoxy) is 2. The maximum atomic E-state index is 13.9. The van der Waals surface area contributed by atoms with E-state index in [0.29, 0.717) is 18.9 Å². The van der Waals surface area contributed by atoms with Crippen molar-refractivity contribution in [3.05, 3.63) is 64.7 Å². The van der Waals surface area contributed by atoms with Crippen LogP contribution in [-0.2, 0) is 22.6 Å². The molecule has 2 aromatic carbocycles. The van der Waals surface area contributed by atoms with E-state index < -0.39 is 12.1 Å². The Labute approximate surface area is 305 Å². The molecule has 4 aliphatic heterocycles. The van der Waals surface area contributed by atoms with Crippen molar-refractivity contribution >= 4 is 23.3 Å². The molecule has 5 heterocycles. The Bertz CT molecular complexity index is 1960. The number of rotatable bonds is 8. The van der Waals surface area contributed by atoms with Gasteiger partial charge in [0.15, 0.2) is 0 Å². The Morgan fingerprint density at radius 1 is 1.10 bits per heavy atom. The number of amides is 2. The largest absolute Gasteiger partial charge is 0.488 e. The molecule has 274 valence electrons. The third-order valence-corrected chi connectivity index (χ3v) is 12.0. The fourth-order valence-electron chi connectivity index (χ4n) is 9.22. The molecule has 5 aliphatic rings. The van der Waals surface area contributed by atoms with Gasteiger partial charge in [-0.1, -0.05) is 26.0 Å². The second-order valence-corrected chi connectivity index (χ2v) is 15.7. The SMILES string of the molecule is COC(=O)N[C@H](C(=O)N1[C@@H](C)CC[C@H]1C1=NC2=C(C1)c1cc3c(cc1CC2)-c1ccc(-c2cnc([C@@H]4C[C@H](CCO)CN4C)[nH]2)cc1CO3)C(C)C. The minimum atomic E-state index is -0.662. The first kappa shape index (κ1) is 34.6. The number of aliphatic hydroxyl groups excluding tert-OH is 1. The number of carbonyl (C=O) groups is 2. The van der Waals surface area contributed by atoms with E-state index in [0.717, 1.165) is 90.4 Å². The lowest BCUT2D eigenvalue weighted by Crippen LogP contribution is -2.55. The summed E-state index contributed by atoms with van der Waals surface area (Å²) >= 11 is 0. The van der Waals surface area contributed by atoms with Gasteiger partial charge in [-0.3, -0.25) is 14.7 Å². The van der Waals surface area contributed by atoms with Crippen LogP contribution in [0, 0.1) is 11.8 Å². The number of aromatic nitrogens is 2. The van der Waals surface area contributed by atoms with Gasteiger partial charge in [0, 0.05) is 42.6 Å². The molecule has 1 aromatic heterocycles. The van der Waals surface area contributed by atoms with Gasteiger partial charge in [-0.05, 0) is 116 Å². The lowest BCUT2D eigenvalue weighted by Gasteiger charge is -2.34. The maximum Gasteiger partial charge on any atom is 0.407 e. The summed E-state index contributed by atoms with van der Waals surface area (Å²) in [6, 6.07) is 10.7. The number of alkyl carbamates (subject to hydrolysis) is 1. The van der Waals surface area contributed by atoms with Crippen molar-refractivity contribution < 1.29 is 24.2 Å². The second-order valence-electron chi connectivity index (χ2n) is 15.7. The van der Waals surface area contributed by atoms with Crippen molar-refractivity contribution in [1.29, 1.82) is 0 Å². The van der Waals surface area contributed by atoms with Crippen LogP contribution in [0.4, 0.5) is 4.79 Å². The number of likely N-dealkylation sites (tertiary alicyclic amines) is 2. The van der Waals surface area contributed by atoms with Crippen molar-refractivity contribution in [3.63, 3.8) is 0 Å². The van der Waals surface area contributed by atoms with Crippen LogP contribution in [-0.4, -0.2) is 88.0 Å². The number of allylic oxidation sites excluding steroid dienone is 2. The molecule has 2 amide bonds. The molecule has 3 aromatic rings. The van der Waals surface area contributed by atoms with E-state index in [9.17, 15) is 14.7 Å². The summed E-state index contributed by atoms with van der Waals surface area (Å²) in [4.78, 5) is 43.9. The third-order valence-electron chi connectivity index (χ3n) is 12.0. The Kier molecular flexibility index (Phi) is 9.19. The number of aryl methyl sites for hydroxylation is 1. The minimum Gasteiger partial charge on any atom is -0.488 e. The van der Waals surface area contributed by atoms with Crippen LogP contribution in [0.2, 0.25) is 0 Å².